The summed E-state index contributed by atoms with van der Waals surface area (Å²) in [6.07, 6.45) is 0. The number of hydrogen-bond donors (Lipinski definition) is 1. The van der Waals surface area contributed by atoms with Crippen molar-refractivity contribution >= 4 is 10.0 Å². The predicted octanol–water partition coefficient (Wildman–Crippen LogP) is 1.05. The normalized spacial score (nSPS) is 8.94. The van der Waals surface area contributed by atoms with Crippen molar-refractivity contribution in [3.8, 4) is 0 Å². The SMILES string of the molecule is Cc1[c-]c(C)c(S(N)(=O)=O)cc1C.[W].[W].[W].[W]. The van der Waals surface area contributed by atoms with E-state index in [-0.39, 0.29) is 89.2 Å². The monoisotopic (exact) mass is 934 g/mol. The second kappa shape index (κ2) is 10.6. The van der Waals surface area contributed by atoms with Gasteiger partial charge < -0.3 is 0 Å². The molecule has 0 heterocycles. The second-order valence-corrected chi connectivity index (χ2v) is 4.64. The zero-order valence-corrected chi connectivity index (χ0v) is 22.1. The minimum absolute atomic E-state index is 0. The summed E-state index contributed by atoms with van der Waals surface area (Å²) in [4.78, 5) is 0.163. The molecule has 0 aliphatic heterocycles. The van der Waals surface area contributed by atoms with Crippen LogP contribution in [0.3, 0.4) is 0 Å². The molecular weight excluding hydrogens is 922 g/mol. The Hall–Kier alpha value is 1.88. The molecule has 0 aliphatic rings. The average Bonchev–Trinajstić information content (AvgIpc) is 1.94. The van der Waals surface area contributed by atoms with Crippen LogP contribution in [-0.4, -0.2) is 8.42 Å². The van der Waals surface area contributed by atoms with Crippen LogP contribution >= 0.6 is 0 Å². The number of sulfonamides is 1. The van der Waals surface area contributed by atoms with Gasteiger partial charge in [0.1, 0.15) is 0 Å². The van der Waals surface area contributed by atoms with Crippen LogP contribution in [0.4, 0.5) is 0 Å². The van der Waals surface area contributed by atoms with Crippen molar-refractivity contribution in [2.24, 2.45) is 5.14 Å². The summed E-state index contributed by atoms with van der Waals surface area (Å²) in [5, 5.41) is 5.03. The summed E-state index contributed by atoms with van der Waals surface area (Å²) >= 11 is 0. The van der Waals surface area contributed by atoms with Crippen LogP contribution in [0.2, 0.25) is 0 Å². The Balaban J connectivity index is -0.000000211. The Morgan fingerprint density at radius 1 is 1.00 bits per heavy atom. The van der Waals surface area contributed by atoms with E-state index in [1.165, 1.54) is 0 Å². The van der Waals surface area contributed by atoms with Crippen LogP contribution in [-0.2, 0) is 94.3 Å². The number of primary sulfonamides is 1. The van der Waals surface area contributed by atoms with Gasteiger partial charge in [0.25, 0.3) is 0 Å². The van der Waals surface area contributed by atoms with Crippen LogP contribution in [0.25, 0.3) is 0 Å². The quantitative estimate of drug-likeness (QED) is 0.429. The molecule has 0 spiro atoms. The fraction of sp³-hybridized carbons (Fsp3) is 0.333. The van der Waals surface area contributed by atoms with Crippen molar-refractivity contribution in [3.05, 3.63) is 28.8 Å². The molecule has 96 valence electrons. The van der Waals surface area contributed by atoms with E-state index in [2.05, 4.69) is 6.07 Å². The van der Waals surface area contributed by atoms with Crippen LogP contribution in [0.15, 0.2) is 11.0 Å². The second-order valence-electron chi connectivity index (χ2n) is 3.11. The van der Waals surface area contributed by atoms with E-state index in [0.717, 1.165) is 11.1 Å². The molecule has 2 N–H and O–H groups in total. The molecule has 0 aliphatic carbocycles. The van der Waals surface area contributed by atoms with Gasteiger partial charge in [-0.1, -0.05) is 20.8 Å². The topological polar surface area (TPSA) is 60.2 Å². The zero-order valence-electron chi connectivity index (χ0n) is 9.51. The van der Waals surface area contributed by atoms with Crippen LogP contribution in [0, 0.1) is 26.8 Å². The van der Waals surface area contributed by atoms with Gasteiger partial charge in [-0.15, -0.1) is 11.6 Å². The third-order valence-corrected chi connectivity index (χ3v) is 3.03. The Morgan fingerprint density at radius 2 is 1.41 bits per heavy atom. The number of rotatable bonds is 1. The zero-order chi connectivity index (χ0) is 10.2. The summed E-state index contributed by atoms with van der Waals surface area (Å²) in [6, 6.07) is 4.53. The van der Waals surface area contributed by atoms with Gasteiger partial charge in [0.05, 0.1) is 0 Å². The first-order valence-corrected chi connectivity index (χ1v) is 5.40. The van der Waals surface area contributed by atoms with Gasteiger partial charge in [0.15, 0.2) is 10.0 Å². The molecule has 0 unspecified atom stereocenters. The van der Waals surface area contributed by atoms with Crippen molar-refractivity contribution in [2.75, 3.05) is 0 Å². The van der Waals surface area contributed by atoms with E-state index in [1.807, 2.05) is 13.8 Å². The van der Waals surface area contributed by atoms with Crippen LogP contribution < -0.4 is 5.14 Å². The predicted molar refractivity (Wildman–Crippen MR) is 50.9 cm³/mol. The number of hydrogen-bond acceptors (Lipinski definition) is 2. The van der Waals surface area contributed by atoms with Crippen molar-refractivity contribution in [1.82, 2.24) is 0 Å². The molecule has 0 saturated heterocycles. The molecule has 0 radical (unpaired) electrons. The summed E-state index contributed by atoms with van der Waals surface area (Å²) < 4.78 is 22.2. The van der Waals surface area contributed by atoms with Crippen molar-refractivity contribution < 1.29 is 92.7 Å². The van der Waals surface area contributed by atoms with Crippen molar-refractivity contribution in [3.63, 3.8) is 0 Å². The number of aryl methyl sites for hydroxylation is 3. The van der Waals surface area contributed by atoms with Crippen molar-refractivity contribution in [2.45, 2.75) is 25.7 Å². The molecule has 8 heteroatoms. The fourth-order valence-electron chi connectivity index (χ4n) is 1.15. The largest absolute Gasteiger partial charge is 0.235 e. The van der Waals surface area contributed by atoms with Gasteiger partial charge in [-0.3, -0.25) is 0 Å². The molecule has 0 saturated carbocycles. The Kier molecular flexibility index (Phi) is 17.1. The minimum atomic E-state index is -3.60. The first-order chi connectivity index (χ1) is 5.82. The molecule has 1 aromatic rings. The number of nitrogens with two attached hydrogens (primary N) is 1. The standard InChI is InChI=1S/C9H12NO2S.4W/c1-6-4-8(3)9(5-7(6)2)13(10,11)12;;;;/h5H,1-3H3,(H2,10,11,12);;;;/q-1;;;;. The van der Waals surface area contributed by atoms with E-state index in [4.69, 9.17) is 5.14 Å². The Labute approximate surface area is 160 Å². The minimum Gasteiger partial charge on any atom is -0.235 e. The summed E-state index contributed by atoms with van der Waals surface area (Å²) in [6.45, 7) is 5.40. The fourth-order valence-corrected chi connectivity index (χ4v) is 1.97. The third kappa shape index (κ3) is 7.91. The summed E-state index contributed by atoms with van der Waals surface area (Å²) in [5.74, 6) is 0. The first-order valence-electron chi connectivity index (χ1n) is 3.85. The van der Waals surface area contributed by atoms with Gasteiger partial charge in [-0.05, 0) is 4.90 Å². The van der Waals surface area contributed by atoms with E-state index in [9.17, 15) is 8.42 Å². The molecule has 0 fully saturated rings. The van der Waals surface area contributed by atoms with Crippen LogP contribution in [0.1, 0.15) is 16.7 Å². The maximum atomic E-state index is 11.1. The van der Waals surface area contributed by atoms with E-state index in [1.54, 1.807) is 13.0 Å². The maximum absolute atomic E-state index is 11.1. The van der Waals surface area contributed by atoms with Gasteiger partial charge in [0, 0.05) is 84.3 Å². The first kappa shape index (κ1) is 27.3. The van der Waals surface area contributed by atoms with E-state index >= 15 is 0 Å². The maximum Gasteiger partial charge on any atom is 0.191 e. The molecule has 3 nitrogen and oxygen atoms in total. The average molecular weight is 934 g/mol. The molecule has 0 amide bonds. The smallest absolute Gasteiger partial charge is 0.191 e. The molecule has 1 rings (SSSR count). The third-order valence-electron chi connectivity index (χ3n) is 1.99. The van der Waals surface area contributed by atoms with E-state index in [0.29, 0.717) is 5.56 Å². The molecular formula is C9H12NO2SW4-. The summed E-state index contributed by atoms with van der Waals surface area (Å²) in [5.41, 5.74) is 2.41. The molecule has 1 aromatic carbocycles. The molecule has 0 aromatic heterocycles. The molecule has 0 atom stereocenters. The number of benzene rings is 1. The van der Waals surface area contributed by atoms with Gasteiger partial charge >= 0.3 is 0 Å². The molecule has 17 heavy (non-hydrogen) atoms. The van der Waals surface area contributed by atoms with Crippen LogP contribution in [0.5, 0.6) is 0 Å². The van der Waals surface area contributed by atoms with Gasteiger partial charge in [-0.25, -0.2) is 13.6 Å². The van der Waals surface area contributed by atoms with Gasteiger partial charge in [-0.2, -0.15) is 17.2 Å². The Morgan fingerprint density at radius 3 is 1.76 bits per heavy atom. The van der Waals surface area contributed by atoms with E-state index < -0.39 is 10.0 Å². The van der Waals surface area contributed by atoms with Crippen molar-refractivity contribution in [1.29, 1.82) is 0 Å². The molecule has 0 bridgehead atoms. The Bertz CT molecular complexity index is 449. The summed E-state index contributed by atoms with van der Waals surface area (Å²) in [7, 11) is -3.60. The van der Waals surface area contributed by atoms with Gasteiger partial charge in [0.2, 0.25) is 0 Å².